The standard InChI is InChI=1S/C28H28F4N4O5/c29-18-4-1-16(2-5-18)7-17-3-6-19(30)9-24(17)36(26(37)11-33)25-10-20(31)8-23(32)27(25)40-15-22-12-35-21(13-39-22)14-41-28(34)38/h1-6,8-10,21-22,35H,7,11-15,33H2,(H2,34,38). The van der Waals surface area contributed by atoms with Crippen LogP contribution in [-0.4, -0.2) is 57.1 Å². The number of carbonyl (C=O) groups is 2. The largest absolute Gasteiger partial charge is 0.486 e. The molecule has 2 atom stereocenters. The molecule has 3 aromatic rings. The van der Waals surface area contributed by atoms with Crippen molar-refractivity contribution >= 4 is 23.4 Å². The number of nitrogens with zero attached hydrogens (tertiary/aromatic N) is 1. The first kappa shape index (κ1) is 29.8. The van der Waals surface area contributed by atoms with Crippen LogP contribution < -0.4 is 26.4 Å². The SMILES string of the molecule is NCC(=O)N(c1cc(F)ccc1Cc1ccc(F)cc1)c1cc(F)cc(F)c1OCC1CNC(COC(N)=O)CO1. The first-order valence-corrected chi connectivity index (χ1v) is 12.6. The lowest BCUT2D eigenvalue weighted by Crippen LogP contribution is -2.50. The highest BCUT2D eigenvalue weighted by atomic mass is 19.1. The van der Waals surface area contributed by atoms with Crippen molar-refractivity contribution in [2.75, 3.05) is 37.8 Å². The minimum atomic E-state index is -1.11. The van der Waals surface area contributed by atoms with E-state index in [1.54, 1.807) is 0 Å². The Hall–Kier alpha value is -4.20. The van der Waals surface area contributed by atoms with E-state index >= 15 is 4.39 Å². The number of anilines is 2. The van der Waals surface area contributed by atoms with Crippen molar-refractivity contribution in [3.63, 3.8) is 0 Å². The second-order valence-electron chi connectivity index (χ2n) is 9.25. The first-order chi connectivity index (χ1) is 19.6. The number of halogens is 4. The van der Waals surface area contributed by atoms with Crippen LogP contribution in [-0.2, 0) is 20.7 Å². The van der Waals surface area contributed by atoms with E-state index in [-0.39, 0.29) is 50.2 Å². The van der Waals surface area contributed by atoms with Crippen LogP contribution in [0.5, 0.6) is 5.75 Å². The number of primary amides is 1. The molecule has 3 aromatic carbocycles. The van der Waals surface area contributed by atoms with Crippen molar-refractivity contribution in [3.8, 4) is 5.75 Å². The molecule has 0 aromatic heterocycles. The molecule has 2 amide bonds. The average molecular weight is 577 g/mol. The molecular weight excluding hydrogens is 548 g/mol. The number of rotatable bonds is 10. The van der Waals surface area contributed by atoms with E-state index in [0.29, 0.717) is 17.2 Å². The highest BCUT2D eigenvalue weighted by Crippen LogP contribution is 2.39. The third-order valence-electron chi connectivity index (χ3n) is 6.26. The maximum Gasteiger partial charge on any atom is 0.404 e. The van der Waals surface area contributed by atoms with Gasteiger partial charge >= 0.3 is 6.09 Å². The fourth-order valence-electron chi connectivity index (χ4n) is 4.30. The van der Waals surface area contributed by atoms with E-state index in [4.69, 9.17) is 25.7 Å². The monoisotopic (exact) mass is 576 g/mol. The Morgan fingerprint density at radius 2 is 1.66 bits per heavy atom. The summed E-state index contributed by atoms with van der Waals surface area (Å²) in [5.74, 6) is -4.55. The summed E-state index contributed by atoms with van der Waals surface area (Å²) in [5, 5.41) is 3.08. The topological polar surface area (TPSA) is 129 Å². The maximum absolute atomic E-state index is 15.2. The summed E-state index contributed by atoms with van der Waals surface area (Å²) in [6, 6.07) is 10.3. The molecule has 0 saturated carbocycles. The van der Waals surface area contributed by atoms with Crippen LogP contribution in [0.2, 0.25) is 0 Å². The molecule has 5 N–H and O–H groups in total. The van der Waals surface area contributed by atoms with Gasteiger partial charge in [0, 0.05) is 18.7 Å². The van der Waals surface area contributed by atoms with E-state index in [1.165, 1.54) is 36.4 Å². The summed E-state index contributed by atoms with van der Waals surface area (Å²) in [6.45, 7) is -0.420. The lowest BCUT2D eigenvalue weighted by atomic mass is 10.0. The first-order valence-electron chi connectivity index (χ1n) is 12.6. The van der Waals surface area contributed by atoms with Crippen molar-refractivity contribution in [2.45, 2.75) is 18.6 Å². The number of carbonyl (C=O) groups excluding carboxylic acids is 2. The van der Waals surface area contributed by atoms with Crippen LogP contribution in [0.25, 0.3) is 0 Å². The average Bonchev–Trinajstić information content (AvgIpc) is 2.94. The minimum absolute atomic E-state index is 0.0102. The Morgan fingerprint density at radius 1 is 0.951 bits per heavy atom. The molecule has 9 nitrogen and oxygen atoms in total. The van der Waals surface area contributed by atoms with Gasteiger partial charge in [0.1, 0.15) is 36.8 Å². The number of morpholine rings is 1. The number of ether oxygens (including phenoxy) is 3. The molecule has 41 heavy (non-hydrogen) atoms. The molecule has 0 bridgehead atoms. The van der Waals surface area contributed by atoms with Gasteiger partial charge in [-0.25, -0.2) is 22.4 Å². The Kier molecular flexibility index (Phi) is 9.76. The number of hydrogen-bond donors (Lipinski definition) is 3. The molecule has 0 aliphatic carbocycles. The molecule has 1 heterocycles. The minimum Gasteiger partial charge on any atom is -0.486 e. The van der Waals surface area contributed by atoms with Crippen LogP contribution in [0.15, 0.2) is 54.6 Å². The number of hydrogen-bond acceptors (Lipinski definition) is 7. The fraction of sp³-hybridized carbons (Fsp3) is 0.286. The summed E-state index contributed by atoms with van der Waals surface area (Å²) in [4.78, 5) is 24.9. The molecule has 1 aliphatic rings. The van der Waals surface area contributed by atoms with Gasteiger partial charge in [-0.2, -0.15) is 0 Å². The Morgan fingerprint density at radius 3 is 2.32 bits per heavy atom. The molecule has 4 rings (SSSR count). The predicted molar refractivity (Wildman–Crippen MR) is 141 cm³/mol. The zero-order valence-electron chi connectivity index (χ0n) is 21.7. The molecule has 218 valence electrons. The summed E-state index contributed by atoms with van der Waals surface area (Å²) in [7, 11) is 0. The van der Waals surface area contributed by atoms with E-state index in [9.17, 15) is 22.8 Å². The summed E-state index contributed by atoms with van der Waals surface area (Å²) < 4.78 is 73.7. The smallest absolute Gasteiger partial charge is 0.404 e. The fourth-order valence-corrected chi connectivity index (χ4v) is 4.30. The van der Waals surface area contributed by atoms with Gasteiger partial charge in [-0.1, -0.05) is 18.2 Å². The molecule has 2 unspecified atom stereocenters. The van der Waals surface area contributed by atoms with Gasteiger partial charge in [-0.05, 0) is 41.8 Å². The van der Waals surface area contributed by atoms with Gasteiger partial charge in [-0.3, -0.25) is 9.69 Å². The quantitative estimate of drug-likeness (QED) is 0.316. The molecule has 1 saturated heterocycles. The van der Waals surface area contributed by atoms with Crippen LogP contribution in [0, 0.1) is 23.3 Å². The summed E-state index contributed by atoms with van der Waals surface area (Å²) in [6.07, 6.45) is -1.37. The molecule has 13 heteroatoms. The Balaban J connectivity index is 1.64. The van der Waals surface area contributed by atoms with Gasteiger partial charge in [-0.15, -0.1) is 0 Å². The van der Waals surface area contributed by atoms with E-state index in [0.717, 1.165) is 17.0 Å². The van der Waals surface area contributed by atoms with Crippen molar-refractivity contribution in [1.82, 2.24) is 5.32 Å². The molecule has 0 spiro atoms. The molecule has 1 aliphatic heterocycles. The zero-order chi connectivity index (χ0) is 29.5. The summed E-state index contributed by atoms with van der Waals surface area (Å²) >= 11 is 0. The number of amides is 2. The van der Waals surface area contributed by atoms with E-state index in [1.807, 2.05) is 0 Å². The lowest BCUT2D eigenvalue weighted by molar-refractivity contribution is -0.116. The van der Waals surface area contributed by atoms with Gasteiger partial charge < -0.3 is 31.0 Å². The highest BCUT2D eigenvalue weighted by molar-refractivity contribution is 6.03. The molecule has 0 radical (unpaired) electrons. The summed E-state index contributed by atoms with van der Waals surface area (Å²) in [5.41, 5.74) is 11.3. The van der Waals surface area contributed by atoms with Gasteiger partial charge in [0.2, 0.25) is 5.91 Å². The second-order valence-corrected chi connectivity index (χ2v) is 9.25. The van der Waals surface area contributed by atoms with Gasteiger partial charge in [0.25, 0.3) is 0 Å². The van der Waals surface area contributed by atoms with E-state index in [2.05, 4.69) is 5.32 Å². The number of nitrogens with two attached hydrogens (primary N) is 2. The molecule has 1 fully saturated rings. The van der Waals surface area contributed by atoms with Gasteiger partial charge in [0.15, 0.2) is 11.6 Å². The van der Waals surface area contributed by atoms with Crippen molar-refractivity contribution in [3.05, 3.63) is 89.0 Å². The Bertz CT molecular complexity index is 1380. The van der Waals surface area contributed by atoms with Crippen LogP contribution >= 0.6 is 0 Å². The van der Waals surface area contributed by atoms with Crippen molar-refractivity contribution < 1.29 is 41.4 Å². The van der Waals surface area contributed by atoms with E-state index < -0.39 is 53.7 Å². The Labute approximate surface area is 233 Å². The predicted octanol–water partition coefficient (Wildman–Crippen LogP) is 3.29. The van der Waals surface area contributed by atoms with Crippen molar-refractivity contribution in [2.24, 2.45) is 11.5 Å². The second kappa shape index (κ2) is 13.4. The van der Waals surface area contributed by atoms with Gasteiger partial charge in [0.05, 0.1) is 30.6 Å². The van der Waals surface area contributed by atoms with Crippen molar-refractivity contribution in [1.29, 1.82) is 0 Å². The van der Waals surface area contributed by atoms with Crippen LogP contribution in [0.3, 0.4) is 0 Å². The van der Waals surface area contributed by atoms with Crippen LogP contribution in [0.1, 0.15) is 11.1 Å². The number of nitrogens with one attached hydrogen (secondary N) is 1. The lowest BCUT2D eigenvalue weighted by Gasteiger charge is -2.31. The normalized spacial score (nSPS) is 16.7. The number of benzene rings is 3. The molecular formula is C28H28F4N4O5. The maximum atomic E-state index is 15.2. The third kappa shape index (κ3) is 7.72. The third-order valence-corrected chi connectivity index (χ3v) is 6.26. The highest BCUT2D eigenvalue weighted by Gasteiger charge is 2.28. The van der Waals surface area contributed by atoms with Crippen LogP contribution in [0.4, 0.5) is 33.7 Å². The zero-order valence-corrected chi connectivity index (χ0v) is 21.7.